The van der Waals surface area contributed by atoms with Gasteiger partial charge in [-0.1, -0.05) is 0 Å². The quantitative estimate of drug-likeness (QED) is 0.652. The molecule has 2 aromatic rings. The van der Waals surface area contributed by atoms with E-state index in [0.29, 0.717) is 5.69 Å². The lowest BCUT2D eigenvalue weighted by Crippen LogP contribution is -1.90. The van der Waals surface area contributed by atoms with Gasteiger partial charge in [0.1, 0.15) is 5.82 Å². The van der Waals surface area contributed by atoms with Crippen molar-refractivity contribution in [3.63, 3.8) is 0 Å². The second kappa shape index (κ2) is 2.90. The molecule has 0 radical (unpaired) electrons. The SMILES string of the molecule is Nc1cc(F)ccc1-c1cn[nH]c1. The number of anilines is 1. The van der Waals surface area contributed by atoms with Crippen molar-refractivity contribution in [2.24, 2.45) is 0 Å². The molecule has 66 valence electrons. The molecule has 13 heavy (non-hydrogen) atoms. The van der Waals surface area contributed by atoms with Crippen molar-refractivity contribution in [1.82, 2.24) is 10.2 Å². The predicted molar refractivity (Wildman–Crippen MR) is 48.4 cm³/mol. The monoisotopic (exact) mass is 177 g/mol. The summed E-state index contributed by atoms with van der Waals surface area (Å²) in [4.78, 5) is 0. The summed E-state index contributed by atoms with van der Waals surface area (Å²) >= 11 is 0. The van der Waals surface area contributed by atoms with E-state index in [1.165, 1.54) is 12.1 Å². The van der Waals surface area contributed by atoms with Gasteiger partial charge in [0.25, 0.3) is 0 Å². The molecular formula is C9H8FN3. The molecule has 3 nitrogen and oxygen atoms in total. The third kappa shape index (κ3) is 1.38. The van der Waals surface area contributed by atoms with E-state index in [2.05, 4.69) is 10.2 Å². The van der Waals surface area contributed by atoms with E-state index in [1.807, 2.05) is 0 Å². The summed E-state index contributed by atoms with van der Waals surface area (Å²) in [6, 6.07) is 4.30. The predicted octanol–water partition coefficient (Wildman–Crippen LogP) is 1.80. The Balaban J connectivity index is 2.53. The van der Waals surface area contributed by atoms with Crippen LogP contribution in [0, 0.1) is 5.82 Å². The van der Waals surface area contributed by atoms with Crippen molar-refractivity contribution < 1.29 is 4.39 Å². The van der Waals surface area contributed by atoms with Crippen LogP contribution in [0.25, 0.3) is 11.1 Å². The van der Waals surface area contributed by atoms with Gasteiger partial charge in [-0.15, -0.1) is 0 Å². The lowest BCUT2D eigenvalue weighted by atomic mass is 10.1. The number of rotatable bonds is 1. The Morgan fingerprint density at radius 3 is 2.85 bits per heavy atom. The van der Waals surface area contributed by atoms with Crippen molar-refractivity contribution in [2.45, 2.75) is 0 Å². The third-order valence-electron chi connectivity index (χ3n) is 1.82. The second-order valence-corrected chi connectivity index (χ2v) is 2.72. The van der Waals surface area contributed by atoms with E-state index in [4.69, 9.17) is 5.73 Å². The molecule has 0 spiro atoms. The maximum atomic E-state index is 12.7. The molecule has 2 rings (SSSR count). The van der Waals surface area contributed by atoms with Crippen LogP contribution in [0.2, 0.25) is 0 Å². The Hall–Kier alpha value is -1.84. The summed E-state index contributed by atoms with van der Waals surface area (Å²) < 4.78 is 12.7. The van der Waals surface area contributed by atoms with Crippen LogP contribution >= 0.6 is 0 Å². The fourth-order valence-electron chi connectivity index (χ4n) is 1.19. The first-order chi connectivity index (χ1) is 6.27. The fraction of sp³-hybridized carbons (Fsp3) is 0. The molecule has 1 heterocycles. The number of hydrogen-bond acceptors (Lipinski definition) is 2. The zero-order valence-electron chi connectivity index (χ0n) is 6.79. The van der Waals surface area contributed by atoms with E-state index in [-0.39, 0.29) is 5.82 Å². The summed E-state index contributed by atoms with van der Waals surface area (Å²) in [5.41, 5.74) is 7.69. The average Bonchev–Trinajstić information content (AvgIpc) is 2.56. The molecule has 3 N–H and O–H groups in total. The number of nitrogens with zero attached hydrogens (tertiary/aromatic N) is 1. The number of nitrogen functional groups attached to an aromatic ring is 1. The number of hydrogen-bond donors (Lipinski definition) is 2. The van der Waals surface area contributed by atoms with E-state index in [9.17, 15) is 4.39 Å². The van der Waals surface area contributed by atoms with Gasteiger partial charge in [-0.25, -0.2) is 4.39 Å². The van der Waals surface area contributed by atoms with Crippen LogP contribution in [-0.4, -0.2) is 10.2 Å². The maximum Gasteiger partial charge on any atom is 0.125 e. The van der Waals surface area contributed by atoms with Crippen molar-refractivity contribution in [2.75, 3.05) is 5.73 Å². The minimum absolute atomic E-state index is 0.329. The van der Waals surface area contributed by atoms with Gasteiger partial charge in [0.15, 0.2) is 0 Å². The van der Waals surface area contributed by atoms with E-state index in [1.54, 1.807) is 18.5 Å². The van der Waals surface area contributed by atoms with Gasteiger partial charge >= 0.3 is 0 Å². The van der Waals surface area contributed by atoms with Gasteiger partial charge in [0.2, 0.25) is 0 Å². The Kier molecular flexibility index (Phi) is 1.73. The summed E-state index contributed by atoms with van der Waals surface area (Å²) in [5, 5.41) is 6.46. The Bertz CT molecular complexity index is 409. The highest BCUT2D eigenvalue weighted by Gasteiger charge is 2.03. The van der Waals surface area contributed by atoms with Crippen molar-refractivity contribution in [1.29, 1.82) is 0 Å². The lowest BCUT2D eigenvalue weighted by molar-refractivity contribution is 0.628. The highest BCUT2D eigenvalue weighted by Crippen LogP contribution is 2.24. The van der Waals surface area contributed by atoms with Crippen LogP contribution in [-0.2, 0) is 0 Å². The van der Waals surface area contributed by atoms with Crippen molar-refractivity contribution in [3.05, 3.63) is 36.4 Å². The third-order valence-corrected chi connectivity index (χ3v) is 1.82. The molecule has 0 saturated heterocycles. The van der Waals surface area contributed by atoms with Crippen LogP contribution in [0.5, 0.6) is 0 Å². The molecule has 0 aliphatic rings. The Morgan fingerprint density at radius 1 is 1.38 bits per heavy atom. The first kappa shape index (κ1) is 7.79. The first-order valence-corrected chi connectivity index (χ1v) is 3.81. The standard InChI is InChI=1S/C9H8FN3/c10-7-1-2-8(9(11)3-7)6-4-12-13-5-6/h1-5H,11H2,(H,12,13). The first-order valence-electron chi connectivity index (χ1n) is 3.81. The Morgan fingerprint density at radius 2 is 2.23 bits per heavy atom. The molecule has 0 atom stereocenters. The van der Waals surface area contributed by atoms with Crippen molar-refractivity contribution in [3.8, 4) is 11.1 Å². The maximum absolute atomic E-state index is 12.7. The molecule has 0 saturated carbocycles. The molecule has 0 fully saturated rings. The van der Waals surface area contributed by atoms with Crippen LogP contribution < -0.4 is 5.73 Å². The number of aromatic nitrogens is 2. The smallest absolute Gasteiger partial charge is 0.125 e. The summed E-state index contributed by atoms with van der Waals surface area (Å²) in [7, 11) is 0. The number of nitrogens with two attached hydrogens (primary N) is 1. The molecule has 0 amide bonds. The average molecular weight is 177 g/mol. The highest BCUT2D eigenvalue weighted by molar-refractivity contribution is 5.75. The molecule has 0 aliphatic carbocycles. The lowest BCUT2D eigenvalue weighted by Gasteiger charge is -2.01. The highest BCUT2D eigenvalue weighted by atomic mass is 19.1. The van der Waals surface area contributed by atoms with Crippen LogP contribution in [0.15, 0.2) is 30.6 Å². The number of nitrogens with one attached hydrogen (secondary N) is 1. The number of halogens is 1. The molecule has 1 aromatic carbocycles. The molecule has 0 unspecified atom stereocenters. The fourth-order valence-corrected chi connectivity index (χ4v) is 1.19. The normalized spacial score (nSPS) is 10.2. The van der Waals surface area contributed by atoms with Gasteiger partial charge in [-0.2, -0.15) is 5.10 Å². The van der Waals surface area contributed by atoms with Crippen molar-refractivity contribution >= 4 is 5.69 Å². The van der Waals surface area contributed by atoms with Gasteiger partial charge in [-0.3, -0.25) is 5.10 Å². The Labute approximate surface area is 74.4 Å². The van der Waals surface area contributed by atoms with Crippen LogP contribution in [0.1, 0.15) is 0 Å². The second-order valence-electron chi connectivity index (χ2n) is 2.72. The summed E-state index contributed by atoms with van der Waals surface area (Å²) in [5.74, 6) is -0.329. The molecule has 4 heteroatoms. The van der Waals surface area contributed by atoms with Gasteiger partial charge in [0, 0.05) is 23.0 Å². The largest absolute Gasteiger partial charge is 0.398 e. The molecule has 0 bridgehead atoms. The molecule has 1 aromatic heterocycles. The number of H-pyrrole nitrogens is 1. The minimum atomic E-state index is -0.329. The summed E-state index contributed by atoms with van der Waals surface area (Å²) in [6.07, 6.45) is 3.35. The van der Waals surface area contributed by atoms with E-state index < -0.39 is 0 Å². The number of benzene rings is 1. The van der Waals surface area contributed by atoms with Gasteiger partial charge < -0.3 is 5.73 Å². The van der Waals surface area contributed by atoms with E-state index in [0.717, 1.165) is 11.1 Å². The number of aromatic amines is 1. The van der Waals surface area contributed by atoms with E-state index >= 15 is 0 Å². The van der Waals surface area contributed by atoms with Crippen LogP contribution in [0.3, 0.4) is 0 Å². The van der Waals surface area contributed by atoms with Crippen LogP contribution in [0.4, 0.5) is 10.1 Å². The van der Waals surface area contributed by atoms with Gasteiger partial charge in [0.05, 0.1) is 6.20 Å². The molecule has 0 aliphatic heterocycles. The molecular weight excluding hydrogens is 169 g/mol. The zero-order chi connectivity index (χ0) is 9.26. The summed E-state index contributed by atoms with van der Waals surface area (Å²) in [6.45, 7) is 0. The minimum Gasteiger partial charge on any atom is -0.398 e. The zero-order valence-corrected chi connectivity index (χ0v) is 6.79. The topological polar surface area (TPSA) is 54.7 Å². The van der Waals surface area contributed by atoms with Gasteiger partial charge in [-0.05, 0) is 18.2 Å².